The first-order valence-corrected chi connectivity index (χ1v) is 15.9. The zero-order chi connectivity index (χ0) is 38.0. The Morgan fingerprint density at radius 3 is 2.31 bits per heavy atom. The highest BCUT2D eigenvalue weighted by molar-refractivity contribution is 6.00. The molecule has 2 fully saturated rings. The molecule has 2 aliphatic rings. The van der Waals surface area contributed by atoms with Crippen LogP contribution in [0.2, 0.25) is 0 Å². The summed E-state index contributed by atoms with van der Waals surface area (Å²) < 4.78 is 0. The van der Waals surface area contributed by atoms with Crippen LogP contribution in [0.3, 0.4) is 0 Å². The number of aliphatic hydroxyl groups is 1. The minimum atomic E-state index is -1.73. The Morgan fingerprint density at radius 1 is 1.02 bits per heavy atom. The number of amides is 7. The zero-order valence-corrected chi connectivity index (χ0v) is 27.5. The summed E-state index contributed by atoms with van der Waals surface area (Å²) in [4.78, 5) is 122. The van der Waals surface area contributed by atoms with E-state index in [2.05, 4.69) is 36.6 Å². The van der Waals surface area contributed by atoms with Crippen molar-refractivity contribution in [3.8, 4) is 0 Å². The molecule has 2 aliphatic heterocycles. The third kappa shape index (κ3) is 11.5. The van der Waals surface area contributed by atoms with Crippen molar-refractivity contribution in [1.82, 2.24) is 41.5 Å². The number of aromatic nitrogens is 2. The van der Waals surface area contributed by atoms with Crippen LogP contribution in [0, 0.1) is 0 Å². The molecule has 2 saturated heterocycles. The van der Waals surface area contributed by atoms with Gasteiger partial charge < -0.3 is 63.3 Å². The Morgan fingerprint density at radius 2 is 1.71 bits per heavy atom. The topological polar surface area (TPSA) is 358 Å². The van der Waals surface area contributed by atoms with Crippen LogP contribution in [-0.2, 0) is 49.6 Å². The summed E-state index contributed by atoms with van der Waals surface area (Å²) in [6, 6.07) is -10.1. The van der Waals surface area contributed by atoms with Crippen LogP contribution in [0.1, 0.15) is 51.1 Å². The van der Waals surface area contributed by atoms with Crippen molar-refractivity contribution in [2.24, 2.45) is 11.5 Å². The molecule has 0 spiro atoms. The van der Waals surface area contributed by atoms with Gasteiger partial charge in [0, 0.05) is 24.9 Å². The number of H-pyrrole nitrogens is 1. The Labute approximate surface area is 289 Å². The molecule has 3 heterocycles. The second-order valence-corrected chi connectivity index (χ2v) is 12.3. The van der Waals surface area contributed by atoms with Gasteiger partial charge in [0.2, 0.25) is 41.4 Å². The molecule has 0 saturated carbocycles. The average molecular weight is 723 g/mol. The van der Waals surface area contributed by atoms with Gasteiger partial charge in [-0.2, -0.15) is 0 Å². The number of primary amides is 1. The van der Waals surface area contributed by atoms with Gasteiger partial charge >= 0.3 is 11.9 Å². The van der Waals surface area contributed by atoms with Crippen LogP contribution in [0.25, 0.3) is 0 Å². The van der Waals surface area contributed by atoms with Crippen LogP contribution in [0.4, 0.5) is 0 Å². The Kier molecular flexibility index (Phi) is 13.9. The normalized spacial score (nSPS) is 24.4. The minimum Gasteiger partial charge on any atom is -0.481 e. The standard InChI is InChI=1S/C29H42N10O12/c1-12-24(29(51)39-4-2-3-18(39)19(40)9-23(45)46)38-28(50)16(7-20(31)41)36-27(49)17(8-21(42)34-12)37-26(48)15(5-13-10-32-11-33-13)35-25(47)14(30)6-22(43)44/h10-12,14-19,24,40H,2-9,30H2,1H3,(H2,31,41)(H,32,33)(H,34,42)(H,35,47)(H,36,49)(H,37,48)(H,38,50)(H,43,44)(H,45,46). The van der Waals surface area contributed by atoms with E-state index in [0.717, 1.165) is 0 Å². The smallest absolute Gasteiger partial charge is 0.306 e. The lowest BCUT2D eigenvalue weighted by Gasteiger charge is -2.34. The van der Waals surface area contributed by atoms with E-state index < -0.39 is 127 Å². The molecular weight excluding hydrogens is 680 g/mol. The number of carboxylic acids is 2. The summed E-state index contributed by atoms with van der Waals surface area (Å²) in [7, 11) is 0. The molecule has 51 heavy (non-hydrogen) atoms. The number of nitrogens with two attached hydrogens (primary N) is 2. The first kappa shape index (κ1) is 39.8. The predicted molar refractivity (Wildman–Crippen MR) is 169 cm³/mol. The van der Waals surface area contributed by atoms with E-state index in [9.17, 15) is 48.3 Å². The molecule has 22 nitrogen and oxygen atoms in total. The SMILES string of the molecule is CC1NC(=O)CC(NC(=O)C(Cc2cnc[nH]2)NC(=O)C(N)CC(=O)O)C(=O)NC(CC(N)=O)C(=O)NC1C(=O)N1CCCC1C(O)CC(=O)O. The number of imidazole rings is 1. The molecule has 7 amide bonds. The number of hydrogen-bond donors (Lipinski definition) is 11. The number of nitrogens with one attached hydrogen (secondary N) is 6. The van der Waals surface area contributed by atoms with Gasteiger partial charge in [0.05, 0.1) is 56.2 Å². The fraction of sp³-hybridized carbons (Fsp3) is 0.586. The molecule has 1 aromatic rings. The van der Waals surface area contributed by atoms with E-state index in [1.54, 1.807) is 0 Å². The number of aliphatic hydroxyl groups excluding tert-OH is 1. The molecule has 13 N–H and O–H groups in total. The molecule has 280 valence electrons. The highest BCUT2D eigenvalue weighted by atomic mass is 16.4. The first-order chi connectivity index (χ1) is 24.0. The second kappa shape index (κ2) is 17.8. The number of carbonyl (C=O) groups is 9. The zero-order valence-electron chi connectivity index (χ0n) is 27.5. The molecule has 1 aromatic heterocycles. The van der Waals surface area contributed by atoms with Crippen molar-refractivity contribution in [2.75, 3.05) is 6.54 Å². The summed E-state index contributed by atoms with van der Waals surface area (Å²) in [5.74, 6) is -9.60. The lowest BCUT2D eigenvalue weighted by atomic mass is 10.0. The molecule has 8 atom stereocenters. The Bertz CT molecular complexity index is 1500. The van der Waals surface area contributed by atoms with Crippen LogP contribution >= 0.6 is 0 Å². The molecule has 0 aromatic carbocycles. The lowest BCUT2D eigenvalue weighted by Crippen LogP contribution is -2.62. The molecule has 0 radical (unpaired) electrons. The predicted octanol–water partition coefficient (Wildman–Crippen LogP) is -5.70. The van der Waals surface area contributed by atoms with Crippen molar-refractivity contribution < 1.29 is 58.5 Å². The van der Waals surface area contributed by atoms with Gasteiger partial charge in [-0.05, 0) is 19.8 Å². The van der Waals surface area contributed by atoms with Gasteiger partial charge in [-0.1, -0.05) is 0 Å². The van der Waals surface area contributed by atoms with E-state index in [1.807, 2.05) is 0 Å². The number of likely N-dealkylation sites (tertiary alicyclic amines) is 1. The monoisotopic (exact) mass is 722 g/mol. The highest BCUT2D eigenvalue weighted by Gasteiger charge is 2.42. The van der Waals surface area contributed by atoms with Gasteiger partial charge in [-0.25, -0.2) is 4.98 Å². The van der Waals surface area contributed by atoms with E-state index in [-0.39, 0.29) is 19.4 Å². The number of rotatable bonds is 14. The van der Waals surface area contributed by atoms with Crippen molar-refractivity contribution in [1.29, 1.82) is 0 Å². The lowest BCUT2D eigenvalue weighted by molar-refractivity contribution is -0.145. The molecule has 0 bridgehead atoms. The summed E-state index contributed by atoms with van der Waals surface area (Å²) in [5, 5.41) is 40.5. The summed E-state index contributed by atoms with van der Waals surface area (Å²) in [6.07, 6.45) is -1.34. The number of carbonyl (C=O) groups excluding carboxylic acids is 7. The summed E-state index contributed by atoms with van der Waals surface area (Å²) in [6.45, 7) is 1.46. The number of carboxylic acid groups (broad SMARTS) is 2. The van der Waals surface area contributed by atoms with Gasteiger partial charge in [-0.3, -0.25) is 43.2 Å². The largest absolute Gasteiger partial charge is 0.481 e. The number of nitrogens with zero attached hydrogens (tertiary/aromatic N) is 2. The van der Waals surface area contributed by atoms with Crippen molar-refractivity contribution in [3.63, 3.8) is 0 Å². The fourth-order valence-electron chi connectivity index (χ4n) is 5.75. The van der Waals surface area contributed by atoms with Crippen LogP contribution in [-0.4, -0.2) is 138 Å². The van der Waals surface area contributed by atoms with E-state index in [0.29, 0.717) is 12.1 Å². The molecule has 22 heteroatoms. The Hall–Kier alpha value is -5.64. The van der Waals surface area contributed by atoms with Crippen LogP contribution in [0.15, 0.2) is 12.5 Å². The van der Waals surface area contributed by atoms with Gasteiger partial charge in [0.1, 0.15) is 24.2 Å². The van der Waals surface area contributed by atoms with Crippen molar-refractivity contribution >= 4 is 53.3 Å². The quantitative estimate of drug-likeness (QED) is 0.0853. The number of aliphatic carboxylic acids is 2. The maximum atomic E-state index is 13.8. The first-order valence-electron chi connectivity index (χ1n) is 15.9. The maximum Gasteiger partial charge on any atom is 0.306 e. The highest BCUT2D eigenvalue weighted by Crippen LogP contribution is 2.23. The molecule has 0 aliphatic carbocycles. The van der Waals surface area contributed by atoms with E-state index in [4.69, 9.17) is 21.7 Å². The van der Waals surface area contributed by atoms with Crippen LogP contribution in [0.5, 0.6) is 0 Å². The fourth-order valence-corrected chi connectivity index (χ4v) is 5.75. The molecular formula is C29H42N10O12. The number of hydrogen-bond acceptors (Lipinski definition) is 12. The van der Waals surface area contributed by atoms with E-state index >= 15 is 0 Å². The third-order valence-electron chi connectivity index (χ3n) is 8.27. The summed E-state index contributed by atoms with van der Waals surface area (Å²) in [5.41, 5.74) is 11.3. The average Bonchev–Trinajstić information content (AvgIpc) is 3.73. The maximum absolute atomic E-state index is 13.8. The van der Waals surface area contributed by atoms with Crippen molar-refractivity contribution in [2.45, 2.75) is 100 Å². The second-order valence-electron chi connectivity index (χ2n) is 12.3. The van der Waals surface area contributed by atoms with Gasteiger partial charge in [0.15, 0.2) is 0 Å². The van der Waals surface area contributed by atoms with Gasteiger partial charge in [0.25, 0.3) is 0 Å². The van der Waals surface area contributed by atoms with E-state index in [1.165, 1.54) is 24.3 Å². The molecule has 8 unspecified atom stereocenters. The Balaban J connectivity index is 1.89. The number of aromatic amines is 1. The molecule has 3 rings (SSSR count). The van der Waals surface area contributed by atoms with Crippen molar-refractivity contribution in [3.05, 3.63) is 18.2 Å². The van der Waals surface area contributed by atoms with Gasteiger partial charge in [-0.15, -0.1) is 0 Å². The van der Waals surface area contributed by atoms with Crippen LogP contribution < -0.4 is 38.1 Å². The minimum absolute atomic E-state index is 0.0975. The summed E-state index contributed by atoms with van der Waals surface area (Å²) >= 11 is 0. The third-order valence-corrected chi connectivity index (χ3v) is 8.27.